The van der Waals surface area contributed by atoms with Gasteiger partial charge in [0.05, 0.1) is 29.3 Å². The monoisotopic (exact) mass is 378 g/mol. The fourth-order valence-electron chi connectivity index (χ4n) is 4.29. The first kappa shape index (κ1) is 16.3. The summed E-state index contributed by atoms with van der Waals surface area (Å²) >= 11 is 0. The minimum Gasteiger partial charge on any atom is -0.288 e. The number of hydrogen-bond acceptors (Lipinski definition) is 3. The molecule has 0 N–H and O–H groups in total. The maximum atomic E-state index is 13.4. The minimum absolute atomic E-state index is 0.000430. The highest BCUT2D eigenvalue weighted by Gasteiger charge is 2.54. The summed E-state index contributed by atoms with van der Waals surface area (Å²) in [5, 5.41) is 1.98. The van der Waals surface area contributed by atoms with Crippen LogP contribution in [0.4, 0.5) is 16.2 Å². The van der Waals surface area contributed by atoms with E-state index in [-0.39, 0.29) is 29.6 Å². The van der Waals surface area contributed by atoms with Gasteiger partial charge in [-0.25, -0.2) is 13.2 Å². The number of nitrogens with zero attached hydrogens (tertiary/aromatic N) is 2. The summed E-state index contributed by atoms with van der Waals surface area (Å²) in [5.74, 6) is -0.00444. The Labute approximate surface area is 157 Å². The molecule has 2 saturated heterocycles. The lowest BCUT2D eigenvalue weighted by atomic mass is 10.1. The van der Waals surface area contributed by atoms with Crippen molar-refractivity contribution in [2.45, 2.75) is 12.1 Å². The average Bonchev–Trinajstić information content (AvgIpc) is 3.10. The van der Waals surface area contributed by atoms with Gasteiger partial charge < -0.3 is 0 Å². The fourth-order valence-corrected chi connectivity index (χ4v) is 6.21. The van der Waals surface area contributed by atoms with Crippen LogP contribution in [0, 0.1) is 0 Å². The van der Waals surface area contributed by atoms with Gasteiger partial charge in [-0.05, 0) is 23.6 Å². The molecule has 0 radical (unpaired) electrons. The summed E-state index contributed by atoms with van der Waals surface area (Å²) in [6.07, 6.45) is 0. The molecule has 136 valence electrons. The lowest BCUT2D eigenvalue weighted by Crippen LogP contribution is -2.38. The number of rotatable bonds is 2. The summed E-state index contributed by atoms with van der Waals surface area (Å²) in [7, 11) is -3.20. The smallest absolute Gasteiger partial charge is 0.288 e. The van der Waals surface area contributed by atoms with E-state index in [1.807, 2.05) is 72.8 Å². The quantitative estimate of drug-likeness (QED) is 0.642. The van der Waals surface area contributed by atoms with Crippen LogP contribution in [0.3, 0.4) is 0 Å². The number of fused-ring (bicyclic) bond motifs is 2. The minimum atomic E-state index is -3.20. The topological polar surface area (TPSA) is 57.7 Å². The predicted molar refractivity (Wildman–Crippen MR) is 107 cm³/mol. The van der Waals surface area contributed by atoms with E-state index in [2.05, 4.69) is 0 Å². The lowest BCUT2D eigenvalue weighted by Gasteiger charge is -2.24. The molecule has 5 rings (SSSR count). The van der Waals surface area contributed by atoms with Gasteiger partial charge in [-0.1, -0.05) is 54.6 Å². The first-order valence-corrected chi connectivity index (χ1v) is 10.7. The van der Waals surface area contributed by atoms with E-state index in [1.165, 1.54) is 0 Å². The number of amides is 2. The van der Waals surface area contributed by atoms with Crippen LogP contribution in [-0.2, 0) is 9.84 Å². The second kappa shape index (κ2) is 5.82. The molecule has 2 fully saturated rings. The molecule has 0 spiro atoms. The van der Waals surface area contributed by atoms with Gasteiger partial charge in [0, 0.05) is 11.1 Å². The Morgan fingerprint density at radius 2 is 1.37 bits per heavy atom. The lowest BCUT2D eigenvalue weighted by molar-refractivity contribution is 0.255. The molecule has 0 saturated carbocycles. The number of anilines is 2. The Bertz CT molecular complexity index is 1140. The number of urea groups is 1. The van der Waals surface area contributed by atoms with Crippen LogP contribution in [-0.4, -0.2) is 38.0 Å². The molecule has 2 heterocycles. The van der Waals surface area contributed by atoms with Gasteiger partial charge in [0.2, 0.25) is 0 Å². The van der Waals surface area contributed by atoms with Crippen LogP contribution < -0.4 is 9.80 Å². The Morgan fingerprint density at radius 1 is 0.741 bits per heavy atom. The largest absolute Gasteiger partial charge is 0.329 e. The predicted octanol–water partition coefficient (Wildman–Crippen LogP) is 3.45. The van der Waals surface area contributed by atoms with Gasteiger partial charge in [-0.2, -0.15) is 0 Å². The summed E-state index contributed by atoms with van der Waals surface area (Å²) in [6.45, 7) is 0. The van der Waals surface area contributed by atoms with Gasteiger partial charge >= 0.3 is 6.03 Å². The Morgan fingerprint density at radius 3 is 2.15 bits per heavy atom. The molecule has 2 aliphatic rings. The first-order chi connectivity index (χ1) is 13.1. The number of sulfone groups is 1. The summed E-state index contributed by atoms with van der Waals surface area (Å²) < 4.78 is 24.8. The van der Waals surface area contributed by atoms with Crippen LogP contribution in [0.2, 0.25) is 0 Å². The van der Waals surface area contributed by atoms with Crippen molar-refractivity contribution >= 4 is 38.0 Å². The number of benzene rings is 3. The van der Waals surface area contributed by atoms with Crippen molar-refractivity contribution in [3.63, 3.8) is 0 Å². The van der Waals surface area contributed by atoms with Crippen molar-refractivity contribution in [3.8, 4) is 0 Å². The zero-order valence-electron chi connectivity index (χ0n) is 14.5. The van der Waals surface area contributed by atoms with E-state index in [1.54, 1.807) is 9.80 Å². The molecule has 27 heavy (non-hydrogen) atoms. The van der Waals surface area contributed by atoms with Crippen molar-refractivity contribution in [1.82, 2.24) is 0 Å². The molecule has 0 aliphatic carbocycles. The molecular weight excluding hydrogens is 360 g/mol. The Kier molecular flexibility index (Phi) is 3.52. The van der Waals surface area contributed by atoms with Crippen molar-refractivity contribution in [2.24, 2.45) is 0 Å². The van der Waals surface area contributed by atoms with E-state index in [4.69, 9.17) is 0 Å². The van der Waals surface area contributed by atoms with Crippen LogP contribution in [0.1, 0.15) is 0 Å². The van der Waals surface area contributed by atoms with Gasteiger partial charge in [-0.3, -0.25) is 9.80 Å². The number of carbonyl (C=O) groups excluding carboxylic acids is 1. The van der Waals surface area contributed by atoms with E-state index < -0.39 is 9.84 Å². The van der Waals surface area contributed by atoms with Gasteiger partial charge in [0.15, 0.2) is 9.84 Å². The van der Waals surface area contributed by atoms with Gasteiger partial charge in [0.1, 0.15) is 0 Å². The van der Waals surface area contributed by atoms with Gasteiger partial charge in [0.25, 0.3) is 0 Å². The van der Waals surface area contributed by atoms with E-state index >= 15 is 0 Å². The van der Waals surface area contributed by atoms with Gasteiger partial charge in [-0.15, -0.1) is 0 Å². The second-order valence-electron chi connectivity index (χ2n) is 7.07. The molecule has 0 aromatic heterocycles. The molecule has 2 aliphatic heterocycles. The Hall–Kier alpha value is -2.86. The van der Waals surface area contributed by atoms with E-state index in [0.29, 0.717) is 0 Å². The summed E-state index contributed by atoms with van der Waals surface area (Å²) in [4.78, 5) is 16.8. The molecule has 0 bridgehead atoms. The molecule has 3 aromatic rings. The van der Waals surface area contributed by atoms with Crippen LogP contribution >= 0.6 is 0 Å². The Balaban J connectivity index is 1.69. The summed E-state index contributed by atoms with van der Waals surface area (Å²) in [6, 6.07) is 22.1. The molecule has 2 amide bonds. The first-order valence-electron chi connectivity index (χ1n) is 8.91. The molecule has 3 aromatic carbocycles. The maximum Gasteiger partial charge on any atom is 0.329 e. The van der Waals surface area contributed by atoms with Crippen LogP contribution in [0.5, 0.6) is 0 Å². The number of para-hydroxylation sites is 1. The average molecular weight is 378 g/mol. The zero-order valence-corrected chi connectivity index (χ0v) is 15.3. The van der Waals surface area contributed by atoms with Crippen molar-refractivity contribution in [3.05, 3.63) is 72.8 Å². The van der Waals surface area contributed by atoms with E-state index in [0.717, 1.165) is 22.1 Å². The normalized spacial score (nSPS) is 23.8. The molecule has 2 atom stereocenters. The SMILES string of the molecule is O=C1N(c2ccccc2)[C@H]2CS(=O)(=O)C[C@@H]2N1c1cccc2ccccc12. The molecule has 6 heteroatoms. The number of hydrogen-bond donors (Lipinski definition) is 0. The van der Waals surface area contributed by atoms with Crippen molar-refractivity contribution < 1.29 is 13.2 Å². The third-order valence-electron chi connectivity index (χ3n) is 5.43. The highest BCUT2D eigenvalue weighted by molar-refractivity contribution is 7.91. The standard InChI is InChI=1S/C21H18N2O3S/c24-21-22(16-9-2-1-3-10-16)19-13-27(25,26)14-20(19)23(21)18-12-6-8-15-7-4-5-11-17(15)18/h1-12,19-20H,13-14H2/t19-,20-/m0/s1. The molecule has 5 nitrogen and oxygen atoms in total. The van der Waals surface area contributed by atoms with E-state index in [9.17, 15) is 13.2 Å². The molecular formula is C21H18N2O3S. The van der Waals surface area contributed by atoms with Crippen molar-refractivity contribution in [2.75, 3.05) is 21.3 Å². The second-order valence-corrected chi connectivity index (χ2v) is 9.22. The fraction of sp³-hybridized carbons (Fsp3) is 0.190. The maximum absolute atomic E-state index is 13.4. The summed E-state index contributed by atoms with van der Waals surface area (Å²) in [5.41, 5.74) is 1.50. The zero-order chi connectivity index (χ0) is 18.6. The number of carbonyl (C=O) groups is 1. The van der Waals surface area contributed by atoms with Crippen LogP contribution in [0.25, 0.3) is 10.8 Å². The van der Waals surface area contributed by atoms with Crippen LogP contribution in [0.15, 0.2) is 72.8 Å². The van der Waals surface area contributed by atoms with Crippen molar-refractivity contribution in [1.29, 1.82) is 0 Å². The highest BCUT2D eigenvalue weighted by atomic mass is 32.2. The highest BCUT2D eigenvalue weighted by Crippen LogP contribution is 2.40. The molecule has 0 unspecified atom stereocenters. The third kappa shape index (κ3) is 2.51. The third-order valence-corrected chi connectivity index (χ3v) is 7.13.